The highest BCUT2D eigenvalue weighted by Crippen LogP contribution is 2.16. The number of anilines is 1. The van der Waals surface area contributed by atoms with E-state index in [-0.39, 0.29) is 0 Å². The van der Waals surface area contributed by atoms with Gasteiger partial charge in [0, 0.05) is 37.9 Å². The first-order chi connectivity index (χ1) is 10.8. The van der Waals surface area contributed by atoms with Crippen LogP contribution in [0.5, 0.6) is 0 Å². The van der Waals surface area contributed by atoms with Crippen molar-refractivity contribution in [3.8, 4) is 0 Å². The molecule has 0 atom stereocenters. The highest BCUT2D eigenvalue weighted by molar-refractivity contribution is 6.02. The molecular formula is C19H24N2O2. The summed E-state index contributed by atoms with van der Waals surface area (Å²) in [6, 6.07) is 8.57. The second kappa shape index (κ2) is 8.73. The third kappa shape index (κ3) is 6.78. The van der Waals surface area contributed by atoms with E-state index in [0.29, 0.717) is 0 Å². The molecule has 0 aliphatic heterocycles. The fraction of sp³-hybridized carbons (Fsp3) is 0.263. The molecule has 0 saturated heterocycles. The Morgan fingerprint density at radius 1 is 1.04 bits per heavy atom. The lowest BCUT2D eigenvalue weighted by Crippen LogP contribution is -2.16. The van der Waals surface area contributed by atoms with E-state index in [1.165, 1.54) is 22.5 Å². The fourth-order valence-corrected chi connectivity index (χ4v) is 1.93. The van der Waals surface area contributed by atoms with Gasteiger partial charge in [0.15, 0.2) is 5.71 Å². The molecule has 0 N–H and O–H groups in total. The average Bonchev–Trinajstić information content (AvgIpc) is 2.47. The number of hydrogen-bond donors (Lipinski definition) is 0. The summed E-state index contributed by atoms with van der Waals surface area (Å²) in [5.74, 6) is -1.08. The lowest BCUT2D eigenvalue weighted by molar-refractivity contribution is -0.462. The Labute approximate surface area is 138 Å². The topological polar surface area (TPSA) is 46.4 Å². The molecule has 0 spiro atoms. The van der Waals surface area contributed by atoms with Crippen LogP contribution in [0.4, 0.5) is 5.69 Å². The van der Waals surface area contributed by atoms with E-state index in [1.807, 2.05) is 0 Å². The van der Waals surface area contributed by atoms with E-state index in [2.05, 4.69) is 92.3 Å². The summed E-state index contributed by atoms with van der Waals surface area (Å²) in [7, 11) is 8.22. The minimum atomic E-state index is -1.08. The fourth-order valence-electron chi connectivity index (χ4n) is 1.93. The average molecular weight is 312 g/mol. The summed E-state index contributed by atoms with van der Waals surface area (Å²) in [5, 5.41) is 8.89. The van der Waals surface area contributed by atoms with Crippen LogP contribution < -0.4 is 10.0 Å². The zero-order valence-electron chi connectivity index (χ0n) is 14.4. The van der Waals surface area contributed by atoms with Crippen molar-refractivity contribution < 1.29 is 14.5 Å². The summed E-state index contributed by atoms with van der Waals surface area (Å²) in [5.41, 5.74) is 4.90. The maximum absolute atomic E-state index is 8.89. The molecule has 0 bridgehead atoms. The molecule has 4 heteroatoms. The largest absolute Gasteiger partial charge is 0.550 e. The van der Waals surface area contributed by atoms with Crippen LogP contribution in [-0.2, 0) is 4.79 Å². The molecule has 0 fully saturated rings. The number of rotatable bonds is 2. The van der Waals surface area contributed by atoms with Crippen molar-refractivity contribution in [2.45, 2.75) is 6.92 Å². The van der Waals surface area contributed by atoms with Gasteiger partial charge >= 0.3 is 0 Å². The number of carbonyl (C=O) groups is 1. The van der Waals surface area contributed by atoms with Crippen LogP contribution in [0, 0.1) is 0 Å². The van der Waals surface area contributed by atoms with Crippen LogP contribution in [0.2, 0.25) is 0 Å². The van der Waals surface area contributed by atoms with E-state index >= 15 is 0 Å². The predicted molar refractivity (Wildman–Crippen MR) is 94.8 cm³/mol. The Morgan fingerprint density at radius 3 is 1.91 bits per heavy atom. The predicted octanol–water partition coefficient (Wildman–Crippen LogP) is 1.73. The first kappa shape index (κ1) is 18.4. The maximum Gasteiger partial charge on any atom is 0.199 e. The van der Waals surface area contributed by atoms with Crippen LogP contribution in [-0.4, -0.2) is 44.4 Å². The zero-order chi connectivity index (χ0) is 17.4. The van der Waals surface area contributed by atoms with Crippen molar-refractivity contribution in [1.82, 2.24) is 0 Å². The Hall–Kier alpha value is -2.62. The molecule has 0 aromatic heterocycles. The molecule has 122 valence electrons. The van der Waals surface area contributed by atoms with Gasteiger partial charge in [-0.2, -0.15) is 0 Å². The molecule has 0 radical (unpaired) electrons. The SMILES string of the molecule is CC(=O)[O-].CN(C)c1ccc(C=C2C=CC(=[N+](C)C)C=C2)cc1. The lowest BCUT2D eigenvalue weighted by atomic mass is 10.0. The molecular weight excluding hydrogens is 288 g/mol. The van der Waals surface area contributed by atoms with Crippen molar-refractivity contribution in [3.05, 3.63) is 59.7 Å². The minimum Gasteiger partial charge on any atom is -0.550 e. The second-order valence-corrected chi connectivity index (χ2v) is 5.61. The van der Waals surface area contributed by atoms with Crippen LogP contribution in [0.15, 0.2) is 54.1 Å². The molecule has 0 amide bonds. The maximum atomic E-state index is 8.89. The summed E-state index contributed by atoms with van der Waals surface area (Å²) in [6.45, 7) is 0.972. The van der Waals surface area contributed by atoms with Crippen molar-refractivity contribution in [2.24, 2.45) is 0 Å². The van der Waals surface area contributed by atoms with Gasteiger partial charge in [0.25, 0.3) is 0 Å². The highest BCUT2D eigenvalue weighted by atomic mass is 16.4. The van der Waals surface area contributed by atoms with Gasteiger partial charge in [-0.1, -0.05) is 12.1 Å². The Bertz CT molecular complexity index is 637. The van der Waals surface area contributed by atoms with Crippen LogP contribution >= 0.6 is 0 Å². The summed E-state index contributed by atoms with van der Waals surface area (Å²) >= 11 is 0. The number of allylic oxidation sites excluding steroid dienone is 5. The van der Waals surface area contributed by atoms with Crippen molar-refractivity contribution >= 4 is 23.4 Å². The number of nitrogens with zero attached hydrogens (tertiary/aromatic N) is 2. The zero-order valence-corrected chi connectivity index (χ0v) is 14.4. The lowest BCUT2D eigenvalue weighted by Gasteiger charge is -2.12. The number of carbonyl (C=O) groups excluding carboxylic acids is 1. The Morgan fingerprint density at radius 2 is 1.52 bits per heavy atom. The van der Waals surface area contributed by atoms with Crippen LogP contribution in [0.25, 0.3) is 6.08 Å². The first-order valence-corrected chi connectivity index (χ1v) is 7.36. The number of carboxylic acids is 1. The van der Waals surface area contributed by atoms with Gasteiger partial charge in [-0.3, -0.25) is 0 Å². The van der Waals surface area contributed by atoms with Gasteiger partial charge in [-0.15, -0.1) is 0 Å². The van der Waals surface area contributed by atoms with Gasteiger partial charge in [0.1, 0.15) is 14.1 Å². The van der Waals surface area contributed by atoms with Gasteiger partial charge in [0.2, 0.25) is 0 Å². The minimum absolute atomic E-state index is 0.972. The summed E-state index contributed by atoms with van der Waals surface area (Å²) in [6.07, 6.45) is 10.8. The standard InChI is InChI=1S/C17H21N2.C2H4O2/c1-18(2)16-9-5-14(6-10-16)13-15-7-11-17(12-8-15)19(3)4;1-2(3)4/h5-13H,1-4H3;1H3,(H,3,4)/q+1;/p-1. The molecule has 23 heavy (non-hydrogen) atoms. The third-order valence-corrected chi connectivity index (χ3v) is 3.15. The van der Waals surface area contributed by atoms with Crippen LogP contribution in [0.1, 0.15) is 12.5 Å². The van der Waals surface area contributed by atoms with Gasteiger partial charge in [-0.05, 0) is 48.4 Å². The van der Waals surface area contributed by atoms with Gasteiger partial charge in [-0.25, -0.2) is 4.58 Å². The number of benzene rings is 1. The van der Waals surface area contributed by atoms with Gasteiger partial charge < -0.3 is 14.8 Å². The molecule has 1 aromatic rings. The number of hydrogen-bond acceptors (Lipinski definition) is 3. The quantitative estimate of drug-likeness (QED) is 0.781. The molecule has 1 aliphatic rings. The van der Waals surface area contributed by atoms with E-state index in [9.17, 15) is 0 Å². The molecule has 4 nitrogen and oxygen atoms in total. The number of aliphatic carboxylic acids is 1. The highest BCUT2D eigenvalue weighted by Gasteiger charge is 2.04. The number of carboxylic acid groups (broad SMARTS) is 1. The molecule has 0 heterocycles. The van der Waals surface area contributed by atoms with E-state index in [1.54, 1.807) is 0 Å². The smallest absolute Gasteiger partial charge is 0.199 e. The molecule has 1 aliphatic carbocycles. The monoisotopic (exact) mass is 312 g/mol. The van der Waals surface area contributed by atoms with Crippen molar-refractivity contribution in [3.63, 3.8) is 0 Å². The summed E-state index contributed by atoms with van der Waals surface area (Å²) in [4.78, 5) is 11.0. The Balaban J connectivity index is 0.000000593. The molecule has 1 aromatic carbocycles. The molecule has 0 saturated carbocycles. The molecule has 0 unspecified atom stereocenters. The van der Waals surface area contributed by atoms with Gasteiger partial charge in [0.05, 0.1) is 0 Å². The molecule has 2 rings (SSSR count). The normalized spacial score (nSPS) is 12.4. The Kier molecular flexibility index (Phi) is 7.00. The van der Waals surface area contributed by atoms with E-state index < -0.39 is 5.97 Å². The first-order valence-electron chi connectivity index (χ1n) is 7.36. The second-order valence-electron chi connectivity index (χ2n) is 5.61. The van der Waals surface area contributed by atoms with E-state index in [4.69, 9.17) is 9.90 Å². The van der Waals surface area contributed by atoms with Crippen molar-refractivity contribution in [2.75, 3.05) is 33.1 Å². The van der Waals surface area contributed by atoms with Crippen molar-refractivity contribution in [1.29, 1.82) is 0 Å². The van der Waals surface area contributed by atoms with Crippen LogP contribution in [0.3, 0.4) is 0 Å². The third-order valence-electron chi connectivity index (χ3n) is 3.15. The van der Waals surface area contributed by atoms with E-state index in [0.717, 1.165) is 6.92 Å². The summed E-state index contributed by atoms with van der Waals surface area (Å²) < 4.78 is 2.11.